The quantitative estimate of drug-likeness (QED) is 0.773. The smallest absolute Gasteiger partial charge is 0.257 e. The van der Waals surface area contributed by atoms with Crippen molar-refractivity contribution in [1.29, 1.82) is 0 Å². The molecule has 144 valence electrons. The molecule has 2 aliphatic heterocycles. The lowest BCUT2D eigenvalue weighted by molar-refractivity contribution is -0.127. The molecule has 2 saturated heterocycles. The molecule has 1 aromatic heterocycles. The van der Waals surface area contributed by atoms with Crippen LogP contribution < -0.4 is 5.32 Å². The van der Waals surface area contributed by atoms with Crippen LogP contribution in [0.5, 0.6) is 0 Å². The number of piperidine rings is 2. The van der Waals surface area contributed by atoms with Gasteiger partial charge in [-0.3, -0.25) is 14.5 Å². The maximum atomic E-state index is 12.4. The van der Waals surface area contributed by atoms with Crippen molar-refractivity contribution in [2.75, 3.05) is 46.4 Å². The van der Waals surface area contributed by atoms with Gasteiger partial charge in [-0.05, 0) is 38.3 Å². The maximum Gasteiger partial charge on any atom is 0.257 e. The summed E-state index contributed by atoms with van der Waals surface area (Å²) in [5.74, 6) is 0.247. The van der Waals surface area contributed by atoms with Crippen LogP contribution in [0.1, 0.15) is 36.0 Å². The van der Waals surface area contributed by atoms with Crippen LogP contribution in [0.2, 0.25) is 0 Å². The Morgan fingerprint density at radius 2 is 2.08 bits per heavy atom. The van der Waals surface area contributed by atoms with Crippen molar-refractivity contribution in [2.45, 2.75) is 31.7 Å². The minimum atomic E-state index is 0.0474. The lowest BCUT2D eigenvalue weighted by Gasteiger charge is -2.42. The van der Waals surface area contributed by atoms with E-state index >= 15 is 0 Å². The molecule has 7 nitrogen and oxygen atoms in total. The van der Waals surface area contributed by atoms with Gasteiger partial charge in [-0.15, -0.1) is 0 Å². The topological polar surface area (TPSA) is 75.0 Å². The van der Waals surface area contributed by atoms with Crippen molar-refractivity contribution in [2.24, 2.45) is 5.92 Å². The predicted octanol–water partition coefficient (Wildman–Crippen LogP) is 1.36. The van der Waals surface area contributed by atoms with Gasteiger partial charge >= 0.3 is 0 Å². The number of likely N-dealkylation sites (tertiary alicyclic amines) is 2. The van der Waals surface area contributed by atoms with Gasteiger partial charge in [-0.25, -0.2) is 0 Å². The van der Waals surface area contributed by atoms with E-state index in [9.17, 15) is 9.59 Å². The van der Waals surface area contributed by atoms with E-state index in [4.69, 9.17) is 9.15 Å². The number of rotatable bonds is 6. The SMILES string of the molecule is COCCNC(=O)C1CCCN(C2CCN(C(=O)c3ccoc3)CC2)C1. The van der Waals surface area contributed by atoms with Gasteiger partial charge in [0.25, 0.3) is 5.91 Å². The Bertz CT molecular complexity index is 582. The molecule has 0 bridgehead atoms. The number of methoxy groups -OCH3 is 1. The Kier molecular flexibility index (Phi) is 6.68. The van der Waals surface area contributed by atoms with Crippen LogP contribution in [-0.2, 0) is 9.53 Å². The fraction of sp³-hybridized carbons (Fsp3) is 0.684. The number of nitrogens with zero attached hydrogens (tertiary/aromatic N) is 2. The van der Waals surface area contributed by atoms with Crippen LogP contribution in [-0.4, -0.2) is 74.1 Å². The molecule has 1 atom stereocenters. The molecule has 1 N–H and O–H groups in total. The van der Waals surface area contributed by atoms with Crippen molar-refractivity contribution in [1.82, 2.24) is 15.1 Å². The molecule has 0 radical (unpaired) electrons. The zero-order valence-corrected chi connectivity index (χ0v) is 15.5. The molecule has 0 aromatic carbocycles. The highest BCUT2D eigenvalue weighted by Crippen LogP contribution is 2.24. The Morgan fingerprint density at radius 3 is 2.77 bits per heavy atom. The average Bonchev–Trinajstić information content (AvgIpc) is 3.22. The highest BCUT2D eigenvalue weighted by atomic mass is 16.5. The standard InChI is InChI=1S/C19H29N3O4/c1-25-12-7-20-18(23)15-3-2-8-22(13-15)17-4-9-21(10-5-17)19(24)16-6-11-26-14-16/h6,11,14-15,17H,2-5,7-10,12-13H2,1H3,(H,20,23). The molecule has 3 rings (SSSR count). The van der Waals surface area contributed by atoms with Crippen LogP contribution in [0, 0.1) is 5.92 Å². The van der Waals surface area contributed by atoms with Gasteiger partial charge in [0.1, 0.15) is 6.26 Å². The second kappa shape index (κ2) is 9.19. The summed E-state index contributed by atoms with van der Waals surface area (Å²) >= 11 is 0. The second-order valence-corrected chi connectivity index (χ2v) is 7.15. The molecule has 3 heterocycles. The first-order valence-electron chi connectivity index (χ1n) is 9.51. The largest absolute Gasteiger partial charge is 0.472 e. The molecule has 26 heavy (non-hydrogen) atoms. The molecule has 0 spiro atoms. The third-order valence-corrected chi connectivity index (χ3v) is 5.47. The molecular weight excluding hydrogens is 334 g/mol. The van der Waals surface area contributed by atoms with Crippen molar-refractivity contribution in [3.8, 4) is 0 Å². The summed E-state index contributed by atoms with van der Waals surface area (Å²) in [7, 11) is 1.64. The Hall–Kier alpha value is -1.86. The van der Waals surface area contributed by atoms with Crippen molar-refractivity contribution >= 4 is 11.8 Å². The number of furan rings is 1. The number of ether oxygens (including phenoxy) is 1. The molecule has 1 unspecified atom stereocenters. The van der Waals surface area contributed by atoms with Crippen molar-refractivity contribution in [3.05, 3.63) is 24.2 Å². The maximum absolute atomic E-state index is 12.4. The minimum Gasteiger partial charge on any atom is -0.472 e. The molecule has 2 amide bonds. The first kappa shape index (κ1) is 18.9. The first-order chi connectivity index (χ1) is 12.7. The molecule has 0 saturated carbocycles. The van der Waals surface area contributed by atoms with E-state index in [2.05, 4.69) is 10.2 Å². The zero-order chi connectivity index (χ0) is 18.4. The number of carbonyl (C=O) groups is 2. The third kappa shape index (κ3) is 4.65. The van der Waals surface area contributed by atoms with Gasteiger partial charge in [0.2, 0.25) is 5.91 Å². The number of hydrogen-bond donors (Lipinski definition) is 1. The van der Waals surface area contributed by atoms with Gasteiger partial charge in [-0.1, -0.05) is 0 Å². The van der Waals surface area contributed by atoms with Crippen LogP contribution in [0.25, 0.3) is 0 Å². The van der Waals surface area contributed by atoms with E-state index in [0.29, 0.717) is 24.8 Å². The van der Waals surface area contributed by atoms with Crippen molar-refractivity contribution < 1.29 is 18.7 Å². The lowest BCUT2D eigenvalue weighted by atomic mass is 9.93. The Morgan fingerprint density at radius 1 is 1.27 bits per heavy atom. The number of nitrogens with one attached hydrogen (secondary N) is 1. The molecule has 2 aliphatic rings. The normalized spacial score (nSPS) is 22.3. The molecule has 7 heteroatoms. The third-order valence-electron chi connectivity index (χ3n) is 5.47. The van der Waals surface area contributed by atoms with E-state index in [1.165, 1.54) is 12.5 Å². The number of hydrogen-bond acceptors (Lipinski definition) is 5. The van der Waals surface area contributed by atoms with Gasteiger partial charge < -0.3 is 19.4 Å². The summed E-state index contributed by atoms with van der Waals surface area (Å²) in [5.41, 5.74) is 0.620. The van der Waals surface area contributed by atoms with Crippen LogP contribution in [0.3, 0.4) is 0 Å². The van der Waals surface area contributed by atoms with E-state index in [-0.39, 0.29) is 17.7 Å². The van der Waals surface area contributed by atoms with Gasteiger partial charge in [0.15, 0.2) is 0 Å². The molecular formula is C19H29N3O4. The Labute approximate surface area is 154 Å². The predicted molar refractivity (Wildman–Crippen MR) is 96.8 cm³/mol. The summed E-state index contributed by atoms with van der Waals surface area (Å²) in [4.78, 5) is 29.1. The van der Waals surface area contributed by atoms with E-state index in [1.54, 1.807) is 13.2 Å². The molecule has 2 fully saturated rings. The fourth-order valence-corrected chi connectivity index (χ4v) is 3.98. The fourth-order valence-electron chi connectivity index (χ4n) is 3.98. The second-order valence-electron chi connectivity index (χ2n) is 7.15. The monoisotopic (exact) mass is 363 g/mol. The highest BCUT2D eigenvalue weighted by molar-refractivity contribution is 5.93. The summed E-state index contributed by atoms with van der Waals surface area (Å²) in [6.07, 6.45) is 6.96. The number of amides is 2. The van der Waals surface area contributed by atoms with E-state index < -0.39 is 0 Å². The highest BCUT2D eigenvalue weighted by Gasteiger charge is 2.32. The van der Waals surface area contributed by atoms with E-state index in [1.807, 2.05) is 4.90 Å². The van der Waals surface area contributed by atoms with Gasteiger partial charge in [-0.2, -0.15) is 0 Å². The zero-order valence-electron chi connectivity index (χ0n) is 15.5. The first-order valence-corrected chi connectivity index (χ1v) is 9.51. The Balaban J connectivity index is 1.46. The van der Waals surface area contributed by atoms with Gasteiger partial charge in [0, 0.05) is 39.3 Å². The lowest BCUT2D eigenvalue weighted by Crippen LogP contribution is -2.51. The van der Waals surface area contributed by atoms with Gasteiger partial charge in [0.05, 0.1) is 24.4 Å². The van der Waals surface area contributed by atoms with Crippen LogP contribution in [0.4, 0.5) is 0 Å². The van der Waals surface area contributed by atoms with Crippen molar-refractivity contribution in [3.63, 3.8) is 0 Å². The van der Waals surface area contributed by atoms with Crippen LogP contribution >= 0.6 is 0 Å². The van der Waals surface area contributed by atoms with Crippen LogP contribution in [0.15, 0.2) is 23.0 Å². The summed E-state index contributed by atoms with van der Waals surface area (Å²) < 4.78 is 10.00. The number of carbonyl (C=O) groups excluding carboxylic acids is 2. The minimum absolute atomic E-state index is 0.0474. The summed E-state index contributed by atoms with van der Waals surface area (Å²) in [6.45, 7) is 4.50. The molecule has 1 aromatic rings. The molecule has 0 aliphatic carbocycles. The van der Waals surface area contributed by atoms with E-state index in [0.717, 1.165) is 51.9 Å². The summed E-state index contributed by atoms with van der Waals surface area (Å²) in [5, 5.41) is 2.96. The average molecular weight is 363 g/mol. The summed E-state index contributed by atoms with van der Waals surface area (Å²) in [6, 6.07) is 2.17.